The second-order valence-corrected chi connectivity index (χ2v) is 3.91. The van der Waals surface area contributed by atoms with Gasteiger partial charge in [-0.25, -0.2) is 4.79 Å². The highest BCUT2D eigenvalue weighted by Gasteiger charge is 2.21. The fourth-order valence-electron chi connectivity index (χ4n) is 1.43. The minimum Gasteiger partial charge on any atom is -0.466 e. The maximum absolute atomic E-state index is 11.8. The zero-order chi connectivity index (χ0) is 13.7. The topological polar surface area (TPSA) is 68.5 Å². The number of hydrogen-bond donors (Lipinski definition) is 1. The molecular weight excluding hydrogens is 234 g/mol. The molecule has 98 valence electrons. The summed E-state index contributed by atoms with van der Waals surface area (Å²) in [5.74, 6) is 0.186. The van der Waals surface area contributed by atoms with E-state index < -0.39 is 12.1 Å². The Hall–Kier alpha value is -2.04. The largest absolute Gasteiger partial charge is 0.466 e. The van der Waals surface area contributed by atoms with Crippen LogP contribution in [0.1, 0.15) is 28.8 Å². The molecule has 0 aromatic carbocycles. The molecule has 0 saturated heterocycles. The average Bonchev–Trinajstić information content (AvgIpc) is 2.65. The quantitative estimate of drug-likeness (QED) is 0.639. The molecule has 0 saturated carbocycles. The van der Waals surface area contributed by atoms with E-state index in [2.05, 4.69) is 11.9 Å². The summed E-state index contributed by atoms with van der Waals surface area (Å²) < 4.78 is 10.3. The number of esters is 1. The number of carbonyl (C=O) groups excluding carboxylic acids is 2. The van der Waals surface area contributed by atoms with Crippen molar-refractivity contribution in [2.75, 3.05) is 6.54 Å². The van der Waals surface area contributed by atoms with Crippen LogP contribution in [-0.4, -0.2) is 24.5 Å². The molecule has 1 N–H and O–H groups in total. The fourth-order valence-corrected chi connectivity index (χ4v) is 1.43. The summed E-state index contributed by atoms with van der Waals surface area (Å²) >= 11 is 0. The highest BCUT2D eigenvalue weighted by Crippen LogP contribution is 2.15. The van der Waals surface area contributed by atoms with Gasteiger partial charge in [0, 0.05) is 6.54 Å². The van der Waals surface area contributed by atoms with Gasteiger partial charge in [0.2, 0.25) is 0 Å². The van der Waals surface area contributed by atoms with Crippen molar-refractivity contribution in [3.05, 3.63) is 35.8 Å². The van der Waals surface area contributed by atoms with Crippen molar-refractivity contribution in [2.24, 2.45) is 0 Å². The van der Waals surface area contributed by atoms with Crippen molar-refractivity contribution in [1.29, 1.82) is 0 Å². The first-order chi connectivity index (χ1) is 8.45. The van der Waals surface area contributed by atoms with Gasteiger partial charge < -0.3 is 14.5 Å². The van der Waals surface area contributed by atoms with Gasteiger partial charge in [-0.1, -0.05) is 6.08 Å². The zero-order valence-electron chi connectivity index (χ0n) is 10.8. The summed E-state index contributed by atoms with van der Waals surface area (Å²) in [6.07, 6.45) is 0.697. The minimum absolute atomic E-state index is 0.338. The molecule has 1 atom stereocenters. The normalized spacial score (nSPS) is 11.7. The second-order valence-electron chi connectivity index (χ2n) is 3.91. The third-order valence-corrected chi connectivity index (χ3v) is 2.33. The minimum atomic E-state index is -0.855. The Bertz CT molecular complexity index is 462. The molecule has 1 heterocycles. The zero-order valence-corrected chi connectivity index (χ0v) is 10.8. The van der Waals surface area contributed by atoms with Crippen molar-refractivity contribution in [2.45, 2.75) is 26.9 Å². The van der Waals surface area contributed by atoms with Crippen LogP contribution in [0, 0.1) is 13.8 Å². The highest BCUT2D eigenvalue weighted by atomic mass is 16.5. The molecule has 0 fully saturated rings. The molecule has 0 aliphatic rings. The van der Waals surface area contributed by atoms with E-state index in [0.717, 1.165) is 0 Å². The average molecular weight is 251 g/mol. The SMILES string of the molecule is C=CCNC(=O)[C@H](C)OC(=O)c1cc(C)oc1C. The fraction of sp³-hybridized carbons (Fsp3) is 0.385. The maximum atomic E-state index is 11.8. The van der Waals surface area contributed by atoms with Gasteiger partial charge in [-0.15, -0.1) is 6.58 Å². The molecule has 5 nitrogen and oxygen atoms in total. The number of rotatable bonds is 5. The molecule has 1 aromatic rings. The molecule has 0 bridgehead atoms. The van der Waals surface area contributed by atoms with Gasteiger partial charge in [0.1, 0.15) is 17.1 Å². The Labute approximate surface area is 106 Å². The Balaban J connectivity index is 2.62. The predicted octanol–water partition coefficient (Wildman–Crippen LogP) is 1.74. The van der Waals surface area contributed by atoms with E-state index >= 15 is 0 Å². The van der Waals surface area contributed by atoms with Crippen LogP contribution < -0.4 is 5.32 Å². The summed E-state index contributed by atoms with van der Waals surface area (Å²) in [5.41, 5.74) is 0.343. The Morgan fingerprint density at radius 1 is 1.56 bits per heavy atom. The molecule has 1 rings (SSSR count). The lowest BCUT2D eigenvalue weighted by atomic mass is 10.2. The summed E-state index contributed by atoms with van der Waals surface area (Å²) in [6, 6.07) is 1.59. The van der Waals surface area contributed by atoms with E-state index in [9.17, 15) is 9.59 Å². The van der Waals surface area contributed by atoms with E-state index in [-0.39, 0.29) is 5.91 Å². The van der Waals surface area contributed by atoms with E-state index in [1.54, 1.807) is 26.0 Å². The van der Waals surface area contributed by atoms with Crippen molar-refractivity contribution >= 4 is 11.9 Å². The van der Waals surface area contributed by atoms with Gasteiger partial charge in [-0.2, -0.15) is 0 Å². The van der Waals surface area contributed by atoms with Crippen LogP contribution in [0.4, 0.5) is 0 Å². The predicted molar refractivity (Wildman–Crippen MR) is 66.3 cm³/mol. The van der Waals surface area contributed by atoms with Crippen molar-refractivity contribution in [3.8, 4) is 0 Å². The molecule has 0 unspecified atom stereocenters. The summed E-state index contributed by atoms with van der Waals surface area (Å²) in [5, 5.41) is 2.55. The third-order valence-electron chi connectivity index (χ3n) is 2.33. The lowest BCUT2D eigenvalue weighted by molar-refractivity contribution is -0.128. The summed E-state index contributed by atoms with van der Waals surface area (Å²) in [4.78, 5) is 23.3. The van der Waals surface area contributed by atoms with Crippen LogP contribution in [0.2, 0.25) is 0 Å². The van der Waals surface area contributed by atoms with E-state index in [1.165, 1.54) is 6.92 Å². The smallest absolute Gasteiger partial charge is 0.342 e. The van der Waals surface area contributed by atoms with Gasteiger partial charge >= 0.3 is 5.97 Å². The van der Waals surface area contributed by atoms with E-state index in [1.807, 2.05) is 0 Å². The summed E-state index contributed by atoms with van der Waals surface area (Å²) in [6.45, 7) is 8.74. The lowest BCUT2D eigenvalue weighted by Crippen LogP contribution is -2.35. The summed E-state index contributed by atoms with van der Waals surface area (Å²) in [7, 11) is 0. The number of hydrogen-bond acceptors (Lipinski definition) is 4. The number of aryl methyl sites for hydroxylation is 2. The molecule has 1 amide bonds. The van der Waals surface area contributed by atoms with Crippen LogP contribution in [0.25, 0.3) is 0 Å². The molecule has 0 aliphatic carbocycles. The molecule has 0 aliphatic heterocycles. The maximum Gasteiger partial charge on any atom is 0.342 e. The van der Waals surface area contributed by atoms with Crippen LogP contribution in [0.5, 0.6) is 0 Å². The highest BCUT2D eigenvalue weighted by molar-refractivity contribution is 5.93. The van der Waals surface area contributed by atoms with Gasteiger partial charge in [-0.05, 0) is 26.8 Å². The first-order valence-corrected chi connectivity index (χ1v) is 5.62. The molecule has 5 heteroatoms. The molecule has 0 spiro atoms. The lowest BCUT2D eigenvalue weighted by Gasteiger charge is -2.12. The van der Waals surface area contributed by atoms with Crippen LogP contribution in [0.15, 0.2) is 23.1 Å². The van der Waals surface area contributed by atoms with Crippen molar-refractivity contribution in [3.63, 3.8) is 0 Å². The Morgan fingerprint density at radius 2 is 2.22 bits per heavy atom. The van der Waals surface area contributed by atoms with Crippen LogP contribution in [0.3, 0.4) is 0 Å². The molecule has 1 aromatic heterocycles. The number of carbonyl (C=O) groups is 2. The van der Waals surface area contributed by atoms with Crippen LogP contribution in [-0.2, 0) is 9.53 Å². The standard InChI is InChI=1S/C13H17NO4/c1-5-6-14-12(15)10(4)18-13(16)11-7-8(2)17-9(11)3/h5,7,10H,1,6H2,2-4H3,(H,14,15)/t10-/m0/s1. The van der Waals surface area contributed by atoms with Gasteiger partial charge in [0.15, 0.2) is 6.10 Å². The van der Waals surface area contributed by atoms with Crippen LogP contribution >= 0.6 is 0 Å². The number of furan rings is 1. The Kier molecular flexibility index (Phi) is 4.71. The van der Waals surface area contributed by atoms with Gasteiger partial charge in [0.25, 0.3) is 5.91 Å². The van der Waals surface area contributed by atoms with E-state index in [4.69, 9.17) is 9.15 Å². The second kappa shape index (κ2) is 6.05. The van der Waals surface area contributed by atoms with Gasteiger partial charge in [0.05, 0.1) is 0 Å². The molecule has 18 heavy (non-hydrogen) atoms. The number of nitrogens with one attached hydrogen (secondary N) is 1. The molecule has 0 radical (unpaired) electrons. The first-order valence-electron chi connectivity index (χ1n) is 5.62. The van der Waals surface area contributed by atoms with Gasteiger partial charge in [-0.3, -0.25) is 4.79 Å². The number of amides is 1. The first kappa shape index (κ1) is 14.0. The van der Waals surface area contributed by atoms with E-state index in [0.29, 0.717) is 23.6 Å². The number of ether oxygens (including phenoxy) is 1. The molecular formula is C13H17NO4. The van der Waals surface area contributed by atoms with Crippen molar-refractivity contribution < 1.29 is 18.7 Å². The Morgan fingerprint density at radius 3 is 2.72 bits per heavy atom. The third kappa shape index (κ3) is 3.48. The monoisotopic (exact) mass is 251 g/mol. The van der Waals surface area contributed by atoms with Crippen molar-refractivity contribution in [1.82, 2.24) is 5.32 Å².